The van der Waals surface area contributed by atoms with E-state index in [4.69, 9.17) is 54.3 Å². The maximum Gasteiger partial charge on any atom is 0.490 e. The highest BCUT2D eigenvalue weighted by Gasteiger charge is 2.40. The van der Waals surface area contributed by atoms with Crippen LogP contribution in [0, 0.1) is 35.5 Å². The predicted octanol–water partition coefficient (Wildman–Crippen LogP) is 4.19. The number of para-hydroxylation sites is 1. The van der Waals surface area contributed by atoms with E-state index in [9.17, 15) is 77.0 Å². The molecule has 0 saturated carbocycles. The number of aliphatic carboxylic acids is 3. The van der Waals surface area contributed by atoms with Crippen molar-refractivity contribution in [3.8, 4) is 47.3 Å². The quantitative estimate of drug-likeness (QED) is 0.0283. The molecule has 3 fully saturated rings. The normalized spacial score (nSPS) is 13.4. The summed E-state index contributed by atoms with van der Waals surface area (Å²) in [4.78, 5) is 129. The van der Waals surface area contributed by atoms with Crippen LogP contribution in [0.15, 0.2) is 96.2 Å². The minimum atomic E-state index is -5.08. The van der Waals surface area contributed by atoms with E-state index in [1.165, 1.54) is 50.8 Å². The fourth-order valence-corrected chi connectivity index (χ4v) is 12.3. The summed E-state index contributed by atoms with van der Waals surface area (Å²) in [5.74, 6) is 9.83. The second-order valence-corrected chi connectivity index (χ2v) is 26.5. The third-order valence-electron chi connectivity index (χ3n) is 16.2. The number of imidazole rings is 3. The third kappa shape index (κ3) is 23.7. The lowest BCUT2D eigenvalue weighted by atomic mass is 10.2. The fourth-order valence-electron chi connectivity index (χ4n) is 10.6. The van der Waals surface area contributed by atoms with Crippen LogP contribution in [0.4, 0.5) is 69.0 Å². The number of fused-ring (bicyclic) bond motifs is 3. The number of aromatic carboxylic acids is 1. The number of carbonyl (C=O) groups excluding carboxylic acids is 1. The fraction of sp³-hybridized carbons (Fsp3) is 0.377. The summed E-state index contributed by atoms with van der Waals surface area (Å²) in [5, 5.41) is 49.3. The average molecular weight is 1690 g/mol. The van der Waals surface area contributed by atoms with Gasteiger partial charge in [-0.05, 0) is 64.1 Å². The Balaban J connectivity index is 0.000000215. The maximum absolute atomic E-state index is 13.4. The van der Waals surface area contributed by atoms with Crippen LogP contribution in [0.5, 0.6) is 11.8 Å². The van der Waals surface area contributed by atoms with Gasteiger partial charge in [0.15, 0.2) is 50.1 Å². The van der Waals surface area contributed by atoms with Gasteiger partial charge in [-0.15, -0.1) is 17.8 Å². The number of hydrogen-bond donors (Lipinski definition) is 9. The van der Waals surface area contributed by atoms with Crippen molar-refractivity contribution in [2.45, 2.75) is 80.8 Å². The van der Waals surface area contributed by atoms with Crippen LogP contribution in [-0.4, -0.2) is 225 Å². The molecule has 0 amide bonds. The van der Waals surface area contributed by atoms with Gasteiger partial charge in [-0.25, -0.2) is 47.5 Å². The Kier molecular flexibility index (Phi) is 31.6. The predicted molar refractivity (Wildman–Crippen MR) is 404 cm³/mol. The number of aromatic nitrogens is 13. The molecular weight excluding hydrogens is 1610 g/mol. The SMILES string of the molecule is CC#CCn1c(N2CCNCC2)nc2nc(Nc3ccccc3S(N)(=O)=O)n(C)c(=O)c21.CC#CCn1c(N2CCNCC2)nc2nc(Oc3cccnc3C(=O)O)n(C)c(=O)c21.CC#CCn1c(N2CCNCC2)nc2nc(Sc3ccccc3C(=O)OCC)n(C)c(=O)c21.O=C(O)C(F)(F)F.O=C(O)C(F)(F)F.O=C(O)C(F)(F)F. The molecule has 0 unspecified atom stereocenters. The Morgan fingerprint density at radius 2 is 0.949 bits per heavy atom. The molecule has 12 rings (SSSR count). The summed E-state index contributed by atoms with van der Waals surface area (Å²) >= 11 is 1.24. The average Bonchev–Trinajstić information content (AvgIpc) is 1.63. The van der Waals surface area contributed by atoms with Crippen molar-refractivity contribution in [1.82, 2.24) is 78.2 Å². The van der Waals surface area contributed by atoms with Crippen LogP contribution in [0.2, 0.25) is 0 Å². The molecule has 10 heterocycles. The number of pyridine rings is 1. The Morgan fingerprint density at radius 1 is 0.556 bits per heavy atom. The molecule has 3 saturated heterocycles. The van der Waals surface area contributed by atoms with Crippen LogP contribution in [0.1, 0.15) is 48.5 Å². The molecule has 9 aromatic rings. The number of piperazine rings is 3. The second kappa shape index (κ2) is 40.5. The van der Waals surface area contributed by atoms with Gasteiger partial charge in [-0.1, -0.05) is 53.8 Å². The molecule has 117 heavy (non-hydrogen) atoms. The van der Waals surface area contributed by atoms with Gasteiger partial charge >= 0.3 is 54.4 Å². The molecule has 0 spiro atoms. The summed E-state index contributed by atoms with van der Waals surface area (Å²) in [6.07, 6.45) is -13.9. The van der Waals surface area contributed by atoms with Gasteiger partial charge in [0, 0.05) is 111 Å². The number of halogens is 9. The van der Waals surface area contributed by atoms with Gasteiger partial charge < -0.3 is 65.9 Å². The molecule has 10 N–H and O–H groups in total. The van der Waals surface area contributed by atoms with E-state index in [0.29, 0.717) is 75.3 Å². The lowest BCUT2D eigenvalue weighted by Gasteiger charge is -2.28. The summed E-state index contributed by atoms with van der Waals surface area (Å²) in [6, 6.07) is 16.2. The Hall–Kier alpha value is -12.8. The first-order valence-electron chi connectivity index (χ1n) is 34.3. The van der Waals surface area contributed by atoms with Crippen LogP contribution < -0.4 is 62.5 Å². The number of alkyl halides is 9. The molecule has 626 valence electrons. The van der Waals surface area contributed by atoms with Gasteiger partial charge in [-0.2, -0.15) is 64.4 Å². The third-order valence-corrected chi connectivity index (χ3v) is 18.3. The number of nitrogens with two attached hydrogens (primary N) is 1. The zero-order chi connectivity index (χ0) is 86.4. The van der Waals surface area contributed by atoms with Crippen molar-refractivity contribution in [2.24, 2.45) is 26.3 Å². The standard InChI is InChI=1S/C23H26N6O3S.C20H24N8O3S.C20H21N7O4.3C2HF3O2/c1-4-6-13-29-18-19(25-22(29)28-14-11-24-12-15-28)26-23(27(3)20(18)30)33-17-10-8-7-9-16(17)21(31)32-5-2;1-3-4-11-28-16-17(25-20(28)27-12-9-22-10-13-27)24-19(26(2)18(16)29)23-14-7-5-6-8-15(14)32(21,30)31;1-3-4-10-27-15-16(23-19(27)26-11-8-21-9-12-26)24-20(25(2)17(15)28)31-13-6-5-7-22-14(13)18(29)30;3*3-2(4,5)1(6)7/h7-10,24H,5,11-15H2,1-3H3;5-8,22H,9-13H2,1-2H3,(H,23,24)(H2,21,30,31);5-7,21H,8-12H2,1-2H3,(H,29,30);3*(H,6,7). The maximum atomic E-state index is 13.4. The van der Waals surface area contributed by atoms with Crippen molar-refractivity contribution < 1.29 is 102 Å². The van der Waals surface area contributed by atoms with Crippen LogP contribution >= 0.6 is 11.8 Å². The van der Waals surface area contributed by atoms with E-state index in [2.05, 4.69) is 96.4 Å². The lowest BCUT2D eigenvalue weighted by Crippen LogP contribution is -2.44. The van der Waals surface area contributed by atoms with Crippen LogP contribution in [0.25, 0.3) is 33.5 Å². The van der Waals surface area contributed by atoms with Crippen LogP contribution in [-0.2, 0) is 69.9 Å². The number of carboxylic acids is 4. The van der Waals surface area contributed by atoms with E-state index in [1.54, 1.807) is 87.3 Å². The summed E-state index contributed by atoms with van der Waals surface area (Å²) < 4.78 is 139. The highest BCUT2D eigenvalue weighted by Crippen LogP contribution is 2.33. The van der Waals surface area contributed by atoms with E-state index < -0.39 is 58.4 Å². The molecule has 0 bridgehead atoms. The number of nitrogens with zero attached hydrogens (tertiary/aromatic N) is 16. The molecule has 3 aliphatic rings. The number of carboxylic acid groups (broad SMARTS) is 4. The monoisotopic (exact) mass is 1690 g/mol. The lowest BCUT2D eigenvalue weighted by molar-refractivity contribution is -0.193. The number of primary sulfonamides is 1. The Bertz CT molecular complexity index is 5600. The van der Waals surface area contributed by atoms with E-state index in [-0.39, 0.29) is 68.6 Å². The van der Waals surface area contributed by atoms with E-state index in [0.717, 1.165) is 78.5 Å². The van der Waals surface area contributed by atoms with Crippen molar-refractivity contribution in [1.29, 1.82) is 0 Å². The summed E-state index contributed by atoms with van der Waals surface area (Å²) in [5.41, 5.74) is 1.41. The number of hydrogen-bond acceptors (Lipinski definition) is 27. The molecule has 37 nitrogen and oxygen atoms in total. The first-order valence-corrected chi connectivity index (χ1v) is 36.6. The highest BCUT2D eigenvalue weighted by molar-refractivity contribution is 7.99. The molecule has 0 aliphatic carbocycles. The van der Waals surface area contributed by atoms with Crippen molar-refractivity contribution in [3.63, 3.8) is 0 Å². The van der Waals surface area contributed by atoms with Gasteiger partial charge in [0.25, 0.3) is 16.7 Å². The number of nitrogens with one attached hydrogen (secondary N) is 4. The zero-order valence-electron chi connectivity index (χ0n) is 62.8. The Labute approximate surface area is 660 Å². The van der Waals surface area contributed by atoms with E-state index in [1.807, 2.05) is 16.7 Å². The number of carbonyl (C=O) groups is 5. The first-order chi connectivity index (χ1) is 55.2. The van der Waals surface area contributed by atoms with Gasteiger partial charge in [-0.3, -0.25) is 41.8 Å². The largest absolute Gasteiger partial charge is 0.490 e. The number of rotatable bonds is 16. The summed E-state index contributed by atoms with van der Waals surface area (Å²) in [6.45, 7) is 17.8. The number of benzene rings is 2. The molecule has 0 radical (unpaired) electrons. The topological polar surface area (TPSA) is 474 Å². The molecule has 2 aromatic carbocycles. The van der Waals surface area contributed by atoms with Gasteiger partial charge in [0.2, 0.25) is 33.8 Å². The van der Waals surface area contributed by atoms with Crippen molar-refractivity contribution in [2.75, 3.05) is 105 Å². The number of esters is 1. The van der Waals surface area contributed by atoms with Crippen LogP contribution in [0.3, 0.4) is 0 Å². The highest BCUT2D eigenvalue weighted by atomic mass is 32.2. The molecule has 3 aliphatic heterocycles. The van der Waals surface area contributed by atoms with E-state index >= 15 is 0 Å². The number of anilines is 5. The van der Waals surface area contributed by atoms with Crippen molar-refractivity contribution in [3.05, 3.63) is 109 Å². The summed E-state index contributed by atoms with van der Waals surface area (Å²) in [7, 11) is 0.774. The molecule has 0 atom stereocenters. The Morgan fingerprint density at radius 3 is 1.36 bits per heavy atom. The molecule has 48 heteroatoms. The smallest absolute Gasteiger partial charge is 0.476 e. The molecule has 7 aromatic heterocycles. The minimum Gasteiger partial charge on any atom is -0.476 e. The van der Waals surface area contributed by atoms with Crippen molar-refractivity contribution >= 4 is 115 Å². The molecular formula is C69H74F9N21O16S2. The van der Waals surface area contributed by atoms with Gasteiger partial charge in [0.1, 0.15) is 4.90 Å². The van der Waals surface area contributed by atoms with Gasteiger partial charge in [0.05, 0.1) is 37.5 Å². The second-order valence-electron chi connectivity index (χ2n) is 24.0. The first kappa shape index (κ1) is 91.4. The minimum absolute atomic E-state index is 0.0181. The zero-order valence-corrected chi connectivity index (χ0v) is 64.4. The number of ether oxygens (including phenoxy) is 2. The number of sulfonamides is 1.